The minimum atomic E-state index is -0.144. The van der Waals surface area contributed by atoms with Crippen molar-refractivity contribution in [3.8, 4) is 0 Å². The number of nitrogens with one attached hydrogen (secondary N) is 2. The number of nitrogens with zero attached hydrogens (tertiary/aromatic N) is 1. The summed E-state index contributed by atoms with van der Waals surface area (Å²) in [6.45, 7) is 2.19. The van der Waals surface area contributed by atoms with Crippen molar-refractivity contribution in [2.45, 2.75) is 51.9 Å². The Labute approximate surface area is 123 Å². The molecular formula is C14H21N3O2S. The van der Waals surface area contributed by atoms with E-state index in [0.29, 0.717) is 17.6 Å². The fraction of sp³-hybridized carbons (Fsp3) is 0.643. The van der Waals surface area contributed by atoms with E-state index < -0.39 is 0 Å². The van der Waals surface area contributed by atoms with Gasteiger partial charge in [0.1, 0.15) is 11.6 Å². The molecule has 2 N–H and O–H groups in total. The maximum Gasteiger partial charge on any atom is 0.317 e. The number of ether oxygens (including phenoxy) is 1. The van der Waals surface area contributed by atoms with Crippen LogP contribution in [0.4, 0.5) is 0 Å². The molecule has 1 aromatic rings. The molecule has 0 amide bonds. The number of carbonyl (C=O) groups is 1. The molecule has 1 aliphatic heterocycles. The highest BCUT2D eigenvalue weighted by atomic mass is 32.1. The minimum absolute atomic E-state index is 0.135. The summed E-state index contributed by atoms with van der Waals surface area (Å²) < 4.78 is 5.76. The molecule has 0 fully saturated rings. The van der Waals surface area contributed by atoms with E-state index in [4.69, 9.17) is 17.0 Å². The summed E-state index contributed by atoms with van der Waals surface area (Å²) in [6.07, 6.45) is 8.96. The summed E-state index contributed by atoms with van der Waals surface area (Å²) >= 11 is 4.89. The lowest BCUT2D eigenvalue weighted by atomic mass is 10.0. The van der Waals surface area contributed by atoms with Gasteiger partial charge in [-0.05, 0) is 31.1 Å². The predicted molar refractivity (Wildman–Crippen MR) is 78.5 cm³/mol. The molecule has 110 valence electrons. The number of allylic oxidation sites excluding steroid dienone is 1. The van der Waals surface area contributed by atoms with Crippen LogP contribution in [0, 0.1) is 10.7 Å². The topological polar surface area (TPSA) is 70.8 Å². The zero-order chi connectivity index (χ0) is 14.4. The van der Waals surface area contributed by atoms with E-state index in [9.17, 15) is 4.79 Å². The summed E-state index contributed by atoms with van der Waals surface area (Å²) in [4.78, 5) is 15.9. The zero-order valence-electron chi connectivity index (χ0n) is 11.8. The van der Waals surface area contributed by atoms with E-state index >= 15 is 0 Å². The lowest BCUT2D eigenvalue weighted by Gasteiger charge is -2.02. The van der Waals surface area contributed by atoms with Crippen molar-refractivity contribution in [1.29, 1.82) is 0 Å². The van der Waals surface area contributed by atoms with Crippen LogP contribution in [0.1, 0.15) is 51.3 Å². The fourth-order valence-corrected chi connectivity index (χ4v) is 2.47. The molecular weight excluding hydrogens is 274 g/mol. The monoisotopic (exact) mass is 295 g/mol. The van der Waals surface area contributed by atoms with Crippen molar-refractivity contribution in [3.05, 3.63) is 22.4 Å². The smallest absolute Gasteiger partial charge is 0.317 e. The van der Waals surface area contributed by atoms with Crippen LogP contribution in [0.5, 0.6) is 0 Å². The third-order valence-electron chi connectivity index (χ3n) is 3.44. The SMILES string of the molecule is CCCCCCC1=CC(CCc2nc(=S)[nH][nH]2)C(=O)O1. The molecule has 0 aromatic carbocycles. The third-order valence-corrected chi connectivity index (χ3v) is 3.63. The predicted octanol–water partition coefficient (Wildman–Crippen LogP) is 3.43. The Bertz CT molecular complexity index is 533. The Balaban J connectivity index is 1.78. The van der Waals surface area contributed by atoms with E-state index in [1.165, 1.54) is 19.3 Å². The Kier molecular flexibility index (Phi) is 5.52. The van der Waals surface area contributed by atoms with E-state index in [-0.39, 0.29) is 11.9 Å². The van der Waals surface area contributed by atoms with Crippen LogP contribution in [-0.2, 0) is 16.0 Å². The van der Waals surface area contributed by atoms with Crippen LogP contribution >= 0.6 is 12.2 Å². The molecule has 1 atom stereocenters. The van der Waals surface area contributed by atoms with Crippen LogP contribution in [0.25, 0.3) is 0 Å². The number of esters is 1. The molecule has 0 aliphatic carbocycles. The van der Waals surface area contributed by atoms with Crippen LogP contribution < -0.4 is 0 Å². The van der Waals surface area contributed by atoms with Gasteiger partial charge in [-0.2, -0.15) is 0 Å². The van der Waals surface area contributed by atoms with Gasteiger partial charge in [0.25, 0.3) is 0 Å². The molecule has 5 nitrogen and oxygen atoms in total. The van der Waals surface area contributed by atoms with Gasteiger partial charge in [0, 0.05) is 12.8 Å². The van der Waals surface area contributed by atoms with Crippen LogP contribution in [0.15, 0.2) is 11.8 Å². The van der Waals surface area contributed by atoms with Crippen molar-refractivity contribution in [1.82, 2.24) is 15.2 Å². The van der Waals surface area contributed by atoms with Gasteiger partial charge in [-0.15, -0.1) is 0 Å². The number of carbonyl (C=O) groups excluding carboxylic acids is 1. The number of aromatic nitrogens is 3. The highest BCUT2D eigenvalue weighted by Crippen LogP contribution is 2.25. The van der Waals surface area contributed by atoms with Crippen molar-refractivity contribution in [2.24, 2.45) is 5.92 Å². The highest BCUT2D eigenvalue weighted by Gasteiger charge is 2.26. The Morgan fingerprint density at radius 1 is 1.30 bits per heavy atom. The van der Waals surface area contributed by atoms with Crippen molar-refractivity contribution in [3.63, 3.8) is 0 Å². The van der Waals surface area contributed by atoms with Gasteiger partial charge in [-0.3, -0.25) is 15.0 Å². The fourth-order valence-electron chi connectivity index (χ4n) is 2.31. The van der Waals surface area contributed by atoms with Crippen molar-refractivity contribution >= 4 is 18.2 Å². The lowest BCUT2D eigenvalue weighted by molar-refractivity contribution is -0.140. The molecule has 2 heterocycles. The van der Waals surface area contributed by atoms with E-state index in [0.717, 1.165) is 24.4 Å². The van der Waals surface area contributed by atoms with Gasteiger partial charge >= 0.3 is 5.97 Å². The van der Waals surface area contributed by atoms with Gasteiger partial charge in [0.05, 0.1) is 5.92 Å². The summed E-state index contributed by atoms with van der Waals surface area (Å²) in [6, 6.07) is 0. The molecule has 0 radical (unpaired) electrons. The quantitative estimate of drug-likeness (QED) is 0.438. The highest BCUT2D eigenvalue weighted by molar-refractivity contribution is 7.71. The number of H-pyrrole nitrogens is 2. The first-order valence-corrected chi connectivity index (χ1v) is 7.66. The maximum absolute atomic E-state index is 11.8. The number of unbranched alkanes of at least 4 members (excludes halogenated alkanes) is 3. The van der Waals surface area contributed by atoms with E-state index in [1.807, 2.05) is 6.08 Å². The van der Waals surface area contributed by atoms with Crippen molar-refractivity contribution < 1.29 is 9.53 Å². The van der Waals surface area contributed by atoms with E-state index in [1.54, 1.807) is 0 Å². The molecule has 20 heavy (non-hydrogen) atoms. The number of aromatic amines is 2. The van der Waals surface area contributed by atoms with Crippen molar-refractivity contribution in [2.75, 3.05) is 0 Å². The standard InChI is InChI=1S/C14H21N3O2S/c1-2-3-4-5-6-11-9-10(13(18)19-11)7-8-12-15-14(20)17-16-12/h9-10H,2-8H2,1H3,(H2,15,16,17,20). The number of cyclic esters (lactones) is 1. The first-order chi connectivity index (χ1) is 9.69. The van der Waals surface area contributed by atoms with Crippen LogP contribution in [-0.4, -0.2) is 21.2 Å². The molecule has 0 spiro atoms. The Morgan fingerprint density at radius 3 is 2.85 bits per heavy atom. The van der Waals surface area contributed by atoms with E-state index in [2.05, 4.69) is 22.1 Å². The molecule has 1 aromatic heterocycles. The first-order valence-electron chi connectivity index (χ1n) is 7.25. The number of hydrogen-bond acceptors (Lipinski definition) is 4. The van der Waals surface area contributed by atoms with Crippen LogP contribution in [0.3, 0.4) is 0 Å². The molecule has 0 saturated heterocycles. The largest absolute Gasteiger partial charge is 0.431 e. The zero-order valence-corrected chi connectivity index (χ0v) is 12.6. The summed E-state index contributed by atoms with van der Waals surface area (Å²) in [7, 11) is 0. The van der Waals surface area contributed by atoms with Gasteiger partial charge in [-0.25, -0.2) is 4.98 Å². The molecule has 2 rings (SSSR count). The average molecular weight is 295 g/mol. The van der Waals surface area contributed by atoms with Gasteiger partial charge in [0.15, 0.2) is 0 Å². The summed E-state index contributed by atoms with van der Waals surface area (Å²) in [5.41, 5.74) is 0. The molecule has 1 unspecified atom stereocenters. The molecule has 0 saturated carbocycles. The normalized spacial score (nSPS) is 18.1. The third kappa shape index (κ3) is 4.30. The van der Waals surface area contributed by atoms with Gasteiger partial charge < -0.3 is 4.74 Å². The number of hydrogen-bond donors (Lipinski definition) is 2. The molecule has 6 heteroatoms. The summed E-state index contributed by atoms with van der Waals surface area (Å²) in [5.74, 6) is 1.35. The lowest BCUT2D eigenvalue weighted by Crippen LogP contribution is -2.09. The van der Waals surface area contributed by atoms with Crippen LogP contribution in [0.2, 0.25) is 0 Å². The second-order valence-corrected chi connectivity index (χ2v) is 5.51. The van der Waals surface area contributed by atoms with Gasteiger partial charge in [-0.1, -0.05) is 26.2 Å². The number of aryl methyl sites for hydroxylation is 1. The average Bonchev–Trinajstić information content (AvgIpc) is 2.99. The minimum Gasteiger partial charge on any atom is -0.431 e. The maximum atomic E-state index is 11.8. The van der Waals surface area contributed by atoms with Gasteiger partial charge in [0.2, 0.25) is 4.77 Å². The Morgan fingerprint density at radius 2 is 2.15 bits per heavy atom. The first kappa shape index (κ1) is 15.0. The second-order valence-electron chi connectivity index (χ2n) is 5.12. The molecule has 1 aliphatic rings. The summed E-state index contributed by atoms with van der Waals surface area (Å²) in [5, 5.41) is 5.64. The molecule has 0 bridgehead atoms. The second kappa shape index (κ2) is 7.38. The number of rotatable bonds is 8. The Hall–Kier alpha value is -1.43.